The number of methoxy groups -OCH3 is 1. The number of carbonyl (C=O) groups excluding carboxylic acids is 2. The minimum absolute atomic E-state index is 0.0694. The first-order chi connectivity index (χ1) is 13.4. The van der Waals surface area contributed by atoms with Crippen molar-refractivity contribution in [3.63, 3.8) is 0 Å². The molecule has 0 saturated heterocycles. The van der Waals surface area contributed by atoms with Gasteiger partial charge in [0, 0.05) is 17.7 Å². The van der Waals surface area contributed by atoms with Gasteiger partial charge in [0.05, 0.1) is 13.5 Å². The summed E-state index contributed by atoms with van der Waals surface area (Å²) in [5.41, 5.74) is 2.18. The molecule has 0 radical (unpaired) electrons. The monoisotopic (exact) mass is 385 g/mol. The second kappa shape index (κ2) is 10.1. The van der Waals surface area contributed by atoms with Crippen LogP contribution in [0.1, 0.15) is 28.4 Å². The summed E-state index contributed by atoms with van der Waals surface area (Å²) >= 11 is 0. The van der Waals surface area contributed by atoms with Gasteiger partial charge in [-0.3, -0.25) is 9.59 Å². The Labute approximate surface area is 163 Å². The topological polar surface area (TPSA) is 102 Å². The number of carboxylic acid groups (broad SMARTS) is 1. The lowest BCUT2D eigenvalue weighted by atomic mass is 10.0. The SMILES string of the molecule is COc1ccc(C(C)=O)cc1CC(=O)NCCc1ccc(OCC(=O)O)cc1. The summed E-state index contributed by atoms with van der Waals surface area (Å²) in [4.78, 5) is 34.2. The van der Waals surface area contributed by atoms with Crippen LogP contribution in [0.2, 0.25) is 0 Å². The van der Waals surface area contributed by atoms with E-state index >= 15 is 0 Å². The number of aliphatic carboxylic acids is 1. The molecule has 7 nitrogen and oxygen atoms in total. The molecule has 0 saturated carbocycles. The third-order valence-electron chi connectivity index (χ3n) is 4.06. The van der Waals surface area contributed by atoms with E-state index in [0.29, 0.717) is 35.6 Å². The molecule has 2 N–H and O–H groups in total. The zero-order chi connectivity index (χ0) is 20.5. The zero-order valence-electron chi connectivity index (χ0n) is 15.9. The molecule has 28 heavy (non-hydrogen) atoms. The van der Waals surface area contributed by atoms with Crippen molar-refractivity contribution in [3.8, 4) is 11.5 Å². The van der Waals surface area contributed by atoms with Crippen LogP contribution in [0.4, 0.5) is 0 Å². The van der Waals surface area contributed by atoms with Gasteiger partial charge in [0.25, 0.3) is 0 Å². The minimum atomic E-state index is -1.03. The maximum absolute atomic E-state index is 12.2. The van der Waals surface area contributed by atoms with E-state index in [1.165, 1.54) is 14.0 Å². The van der Waals surface area contributed by atoms with E-state index in [4.69, 9.17) is 14.6 Å². The fraction of sp³-hybridized carbons (Fsp3) is 0.286. The number of benzene rings is 2. The Morgan fingerprint density at radius 2 is 1.79 bits per heavy atom. The molecule has 0 aromatic heterocycles. The minimum Gasteiger partial charge on any atom is -0.496 e. The van der Waals surface area contributed by atoms with Crippen molar-refractivity contribution in [2.24, 2.45) is 0 Å². The average molecular weight is 385 g/mol. The predicted octanol–water partition coefficient (Wildman–Crippen LogP) is 2.26. The Morgan fingerprint density at radius 3 is 2.39 bits per heavy atom. The Bertz CT molecular complexity index is 844. The smallest absolute Gasteiger partial charge is 0.341 e. The molecule has 2 aromatic rings. The molecule has 0 fully saturated rings. The van der Waals surface area contributed by atoms with Crippen LogP contribution in [-0.4, -0.2) is 43.0 Å². The normalized spacial score (nSPS) is 10.2. The van der Waals surface area contributed by atoms with Crippen LogP contribution in [0.5, 0.6) is 11.5 Å². The van der Waals surface area contributed by atoms with Gasteiger partial charge in [0.15, 0.2) is 12.4 Å². The third kappa shape index (κ3) is 6.42. The Balaban J connectivity index is 1.85. The molecule has 0 spiro atoms. The van der Waals surface area contributed by atoms with Gasteiger partial charge < -0.3 is 19.9 Å². The highest BCUT2D eigenvalue weighted by Crippen LogP contribution is 2.21. The molecule has 0 aliphatic carbocycles. The predicted molar refractivity (Wildman–Crippen MR) is 103 cm³/mol. The van der Waals surface area contributed by atoms with Gasteiger partial charge in [-0.05, 0) is 49.2 Å². The number of ketones is 1. The lowest BCUT2D eigenvalue weighted by Gasteiger charge is -2.11. The lowest BCUT2D eigenvalue weighted by molar-refractivity contribution is -0.139. The van der Waals surface area contributed by atoms with Crippen molar-refractivity contribution in [1.29, 1.82) is 0 Å². The fourth-order valence-electron chi connectivity index (χ4n) is 2.61. The van der Waals surface area contributed by atoms with Crippen LogP contribution in [-0.2, 0) is 22.4 Å². The van der Waals surface area contributed by atoms with Crippen molar-refractivity contribution in [3.05, 3.63) is 59.2 Å². The van der Waals surface area contributed by atoms with Gasteiger partial charge in [0.2, 0.25) is 5.91 Å². The van der Waals surface area contributed by atoms with Crippen molar-refractivity contribution in [2.45, 2.75) is 19.8 Å². The van der Waals surface area contributed by atoms with Crippen LogP contribution in [0, 0.1) is 0 Å². The van der Waals surface area contributed by atoms with E-state index in [2.05, 4.69) is 5.32 Å². The van der Waals surface area contributed by atoms with Crippen molar-refractivity contribution < 1.29 is 29.0 Å². The van der Waals surface area contributed by atoms with E-state index < -0.39 is 5.97 Å². The molecule has 0 aliphatic rings. The molecule has 0 bridgehead atoms. The van der Waals surface area contributed by atoms with Crippen molar-refractivity contribution in [1.82, 2.24) is 5.32 Å². The number of Topliss-reactive ketones (excluding diaryl/α,β-unsaturated/α-hetero) is 1. The average Bonchev–Trinajstić information content (AvgIpc) is 2.67. The summed E-state index contributed by atoms with van der Waals surface area (Å²) in [5, 5.41) is 11.4. The van der Waals surface area contributed by atoms with E-state index in [1.54, 1.807) is 30.3 Å². The first-order valence-electron chi connectivity index (χ1n) is 8.77. The van der Waals surface area contributed by atoms with E-state index in [1.807, 2.05) is 12.1 Å². The molecule has 0 unspecified atom stereocenters. The molecule has 2 aromatic carbocycles. The van der Waals surface area contributed by atoms with Gasteiger partial charge >= 0.3 is 5.97 Å². The highest BCUT2D eigenvalue weighted by molar-refractivity contribution is 5.94. The number of carboxylic acids is 1. The Morgan fingerprint density at radius 1 is 1.07 bits per heavy atom. The fourth-order valence-corrected chi connectivity index (χ4v) is 2.61. The highest BCUT2D eigenvalue weighted by atomic mass is 16.5. The number of rotatable bonds is 10. The summed E-state index contributed by atoms with van der Waals surface area (Å²) in [6.45, 7) is 1.54. The molecule has 0 aliphatic heterocycles. The second-order valence-corrected chi connectivity index (χ2v) is 6.19. The third-order valence-corrected chi connectivity index (χ3v) is 4.06. The van der Waals surface area contributed by atoms with Gasteiger partial charge in [-0.15, -0.1) is 0 Å². The Hall–Kier alpha value is -3.35. The molecule has 7 heteroatoms. The maximum atomic E-state index is 12.2. The summed E-state index contributed by atoms with van der Waals surface area (Å²) in [6, 6.07) is 12.1. The van der Waals surface area contributed by atoms with Crippen LogP contribution >= 0.6 is 0 Å². The van der Waals surface area contributed by atoms with Gasteiger partial charge in [-0.1, -0.05) is 12.1 Å². The highest BCUT2D eigenvalue weighted by Gasteiger charge is 2.11. The van der Waals surface area contributed by atoms with Crippen LogP contribution in [0.15, 0.2) is 42.5 Å². The second-order valence-electron chi connectivity index (χ2n) is 6.19. The first-order valence-corrected chi connectivity index (χ1v) is 8.77. The van der Waals surface area contributed by atoms with Crippen molar-refractivity contribution >= 4 is 17.7 Å². The molecule has 2 rings (SSSR count). The standard InChI is InChI=1S/C21H23NO6/c1-14(23)16-5-8-19(27-2)17(11-16)12-20(24)22-10-9-15-3-6-18(7-4-15)28-13-21(25)26/h3-8,11H,9-10,12-13H2,1-2H3,(H,22,24)(H,25,26). The zero-order valence-corrected chi connectivity index (χ0v) is 15.9. The molecule has 0 atom stereocenters. The van der Waals surface area contributed by atoms with E-state index in [9.17, 15) is 14.4 Å². The number of carbonyl (C=O) groups is 3. The van der Waals surface area contributed by atoms with Crippen LogP contribution < -0.4 is 14.8 Å². The number of hydrogen-bond donors (Lipinski definition) is 2. The molecular weight excluding hydrogens is 362 g/mol. The lowest BCUT2D eigenvalue weighted by Crippen LogP contribution is -2.27. The number of hydrogen-bond acceptors (Lipinski definition) is 5. The quantitative estimate of drug-likeness (QED) is 0.609. The summed E-state index contributed by atoms with van der Waals surface area (Å²) in [7, 11) is 1.52. The summed E-state index contributed by atoms with van der Waals surface area (Å²) < 4.78 is 10.3. The number of ether oxygens (including phenoxy) is 2. The van der Waals surface area contributed by atoms with Gasteiger partial charge in [-0.2, -0.15) is 0 Å². The molecule has 1 amide bonds. The van der Waals surface area contributed by atoms with Crippen LogP contribution in [0.3, 0.4) is 0 Å². The largest absolute Gasteiger partial charge is 0.496 e. The molecule has 148 valence electrons. The molecular formula is C21H23NO6. The van der Waals surface area contributed by atoms with E-state index in [-0.39, 0.29) is 24.7 Å². The van der Waals surface area contributed by atoms with Crippen LogP contribution in [0.25, 0.3) is 0 Å². The summed E-state index contributed by atoms with van der Waals surface area (Å²) in [6.07, 6.45) is 0.738. The van der Waals surface area contributed by atoms with Gasteiger partial charge in [0.1, 0.15) is 11.5 Å². The molecule has 0 heterocycles. The maximum Gasteiger partial charge on any atom is 0.341 e. The number of amides is 1. The van der Waals surface area contributed by atoms with Gasteiger partial charge in [-0.25, -0.2) is 4.79 Å². The first kappa shape index (κ1) is 21.0. The summed E-state index contributed by atoms with van der Waals surface area (Å²) in [5.74, 6) is -0.220. The number of nitrogens with one attached hydrogen (secondary N) is 1. The Kier molecular flexibility index (Phi) is 7.56. The van der Waals surface area contributed by atoms with E-state index in [0.717, 1.165) is 5.56 Å². The van der Waals surface area contributed by atoms with Crippen molar-refractivity contribution in [2.75, 3.05) is 20.3 Å².